The van der Waals surface area contributed by atoms with E-state index < -0.39 is 0 Å². The van der Waals surface area contributed by atoms with Crippen molar-refractivity contribution in [2.24, 2.45) is 0 Å². The minimum absolute atomic E-state index is 0.342. The molecule has 1 aliphatic rings. The Morgan fingerprint density at radius 2 is 1.83 bits per heavy atom. The molecule has 2 heterocycles. The highest BCUT2D eigenvalue weighted by atomic mass is 32.1. The summed E-state index contributed by atoms with van der Waals surface area (Å²) in [6.07, 6.45) is 3.34. The average Bonchev–Trinajstić information content (AvgIpc) is 2.89. The number of hydrogen-bond acceptors (Lipinski definition) is 4. The zero-order chi connectivity index (χ0) is 12.6. The van der Waals surface area contributed by atoms with Crippen LogP contribution in [-0.2, 0) is 6.54 Å². The molecule has 1 fully saturated rings. The Labute approximate surface area is 114 Å². The molecular formula is C14H24N2OS. The zero-order valence-electron chi connectivity index (χ0n) is 11.1. The largest absolute Gasteiger partial charge is 0.396 e. The molecule has 0 spiro atoms. The lowest BCUT2D eigenvalue weighted by Gasteiger charge is -2.34. The van der Waals surface area contributed by atoms with Crippen LogP contribution >= 0.6 is 11.3 Å². The summed E-state index contributed by atoms with van der Waals surface area (Å²) in [5.74, 6) is 0. The molecule has 0 atom stereocenters. The number of thiophene rings is 1. The molecule has 0 saturated carbocycles. The summed E-state index contributed by atoms with van der Waals surface area (Å²) in [5, 5.41) is 10.9. The Balaban J connectivity index is 1.59. The molecule has 0 aliphatic carbocycles. The van der Waals surface area contributed by atoms with Crippen molar-refractivity contribution in [3.8, 4) is 0 Å². The maximum Gasteiger partial charge on any atom is 0.0431 e. The van der Waals surface area contributed by atoms with Gasteiger partial charge < -0.3 is 10.0 Å². The van der Waals surface area contributed by atoms with Gasteiger partial charge in [0.15, 0.2) is 0 Å². The van der Waals surface area contributed by atoms with Crippen LogP contribution in [0.1, 0.15) is 24.1 Å². The maximum absolute atomic E-state index is 8.74. The van der Waals surface area contributed by atoms with Crippen molar-refractivity contribution < 1.29 is 5.11 Å². The Morgan fingerprint density at radius 3 is 2.50 bits per heavy atom. The van der Waals surface area contributed by atoms with Crippen LogP contribution in [-0.4, -0.2) is 54.2 Å². The molecule has 18 heavy (non-hydrogen) atoms. The topological polar surface area (TPSA) is 26.7 Å². The van der Waals surface area contributed by atoms with Crippen molar-refractivity contribution in [3.05, 3.63) is 22.4 Å². The first-order valence-corrected chi connectivity index (χ1v) is 7.84. The second kappa shape index (κ2) is 7.89. The van der Waals surface area contributed by atoms with Crippen molar-refractivity contribution in [1.29, 1.82) is 0 Å². The third kappa shape index (κ3) is 4.69. The van der Waals surface area contributed by atoms with Crippen molar-refractivity contribution in [2.45, 2.75) is 25.8 Å². The summed E-state index contributed by atoms with van der Waals surface area (Å²) < 4.78 is 0. The molecule has 0 radical (unpaired) electrons. The summed E-state index contributed by atoms with van der Waals surface area (Å²) in [6.45, 7) is 7.45. The molecule has 1 aromatic heterocycles. The normalized spacial score (nSPS) is 18.3. The van der Waals surface area contributed by atoms with Gasteiger partial charge in [-0.2, -0.15) is 0 Å². The minimum atomic E-state index is 0.342. The van der Waals surface area contributed by atoms with E-state index in [2.05, 4.69) is 27.3 Å². The molecule has 4 heteroatoms. The van der Waals surface area contributed by atoms with Crippen molar-refractivity contribution >= 4 is 11.3 Å². The molecule has 0 bridgehead atoms. The predicted molar refractivity (Wildman–Crippen MR) is 77.0 cm³/mol. The summed E-state index contributed by atoms with van der Waals surface area (Å²) >= 11 is 1.86. The first kappa shape index (κ1) is 14.0. The van der Waals surface area contributed by atoms with Crippen LogP contribution in [0.25, 0.3) is 0 Å². The molecule has 3 nitrogen and oxygen atoms in total. The zero-order valence-corrected chi connectivity index (χ0v) is 11.9. The average molecular weight is 268 g/mol. The van der Waals surface area contributed by atoms with Gasteiger partial charge in [0.05, 0.1) is 0 Å². The summed E-state index contributed by atoms with van der Waals surface area (Å²) in [6, 6.07) is 4.36. The van der Waals surface area contributed by atoms with Crippen molar-refractivity contribution in [2.75, 3.05) is 39.3 Å². The molecule has 1 aromatic rings. The van der Waals surface area contributed by atoms with Gasteiger partial charge in [-0.25, -0.2) is 0 Å². The third-order valence-corrected chi connectivity index (χ3v) is 4.42. The smallest absolute Gasteiger partial charge is 0.0431 e. The molecule has 2 rings (SSSR count). The summed E-state index contributed by atoms with van der Waals surface area (Å²) in [7, 11) is 0. The molecule has 102 valence electrons. The van der Waals surface area contributed by atoms with Crippen LogP contribution in [0.15, 0.2) is 17.5 Å². The van der Waals surface area contributed by atoms with Gasteiger partial charge in [0.25, 0.3) is 0 Å². The quantitative estimate of drug-likeness (QED) is 0.767. The first-order valence-electron chi connectivity index (χ1n) is 6.96. The van der Waals surface area contributed by atoms with E-state index in [9.17, 15) is 0 Å². The molecule has 1 saturated heterocycles. The fourth-order valence-electron chi connectivity index (χ4n) is 2.42. The van der Waals surface area contributed by atoms with E-state index in [1.807, 2.05) is 11.3 Å². The van der Waals surface area contributed by atoms with Gasteiger partial charge in [-0.3, -0.25) is 4.90 Å². The molecular weight excluding hydrogens is 244 g/mol. The molecule has 0 unspecified atom stereocenters. The van der Waals surface area contributed by atoms with Crippen LogP contribution < -0.4 is 0 Å². The Kier molecular flexibility index (Phi) is 6.14. The van der Waals surface area contributed by atoms with Gasteiger partial charge in [-0.15, -0.1) is 11.3 Å². The number of aliphatic hydroxyl groups excluding tert-OH is 1. The highest BCUT2D eigenvalue weighted by molar-refractivity contribution is 7.09. The maximum atomic E-state index is 8.74. The first-order chi connectivity index (χ1) is 8.88. The van der Waals surface area contributed by atoms with Gasteiger partial charge >= 0.3 is 0 Å². The standard InChI is InChI=1S/C14H24N2OS/c17-11-3-1-2-6-15-7-9-16(10-8-15)13-14-5-4-12-18-14/h4-5,12,17H,1-3,6-11,13H2. The number of piperazine rings is 1. The Morgan fingerprint density at radius 1 is 1.06 bits per heavy atom. The Bertz CT molecular complexity index is 308. The van der Waals surface area contributed by atoms with Gasteiger partial charge in [0.1, 0.15) is 0 Å². The SMILES string of the molecule is OCCCCCN1CCN(Cc2cccs2)CC1. The molecule has 1 N–H and O–H groups in total. The number of rotatable bonds is 7. The van der Waals surface area contributed by atoms with E-state index in [-0.39, 0.29) is 0 Å². The summed E-state index contributed by atoms with van der Waals surface area (Å²) in [4.78, 5) is 6.59. The predicted octanol–water partition coefficient (Wildman–Crippen LogP) is 2.03. The fourth-order valence-corrected chi connectivity index (χ4v) is 3.16. The van der Waals surface area contributed by atoms with Crippen molar-refractivity contribution in [1.82, 2.24) is 9.80 Å². The number of aliphatic hydroxyl groups is 1. The fraction of sp³-hybridized carbons (Fsp3) is 0.714. The van der Waals surface area contributed by atoms with E-state index in [1.54, 1.807) is 0 Å². The van der Waals surface area contributed by atoms with E-state index in [0.717, 1.165) is 19.4 Å². The number of hydrogen-bond donors (Lipinski definition) is 1. The lowest BCUT2D eigenvalue weighted by molar-refractivity contribution is 0.126. The van der Waals surface area contributed by atoms with Crippen molar-refractivity contribution in [3.63, 3.8) is 0 Å². The number of unbranched alkanes of at least 4 members (excludes halogenated alkanes) is 2. The summed E-state index contributed by atoms with van der Waals surface area (Å²) in [5.41, 5.74) is 0. The monoisotopic (exact) mass is 268 g/mol. The molecule has 0 amide bonds. The minimum Gasteiger partial charge on any atom is -0.396 e. The third-order valence-electron chi connectivity index (χ3n) is 3.56. The second-order valence-corrected chi connectivity index (χ2v) is 6.01. The van der Waals surface area contributed by atoms with E-state index >= 15 is 0 Å². The highest BCUT2D eigenvalue weighted by Crippen LogP contribution is 2.13. The molecule has 0 aromatic carbocycles. The van der Waals surface area contributed by atoms with Crippen LogP contribution in [0.2, 0.25) is 0 Å². The van der Waals surface area contributed by atoms with E-state index in [0.29, 0.717) is 6.61 Å². The van der Waals surface area contributed by atoms with E-state index in [4.69, 9.17) is 5.11 Å². The second-order valence-electron chi connectivity index (χ2n) is 4.98. The van der Waals surface area contributed by atoms with Gasteiger partial charge in [0, 0.05) is 44.2 Å². The van der Waals surface area contributed by atoms with Gasteiger partial charge in [0.2, 0.25) is 0 Å². The van der Waals surface area contributed by atoms with Crippen LogP contribution in [0.4, 0.5) is 0 Å². The lowest BCUT2D eigenvalue weighted by atomic mass is 10.2. The van der Waals surface area contributed by atoms with Gasteiger partial charge in [-0.1, -0.05) is 6.07 Å². The van der Waals surface area contributed by atoms with Gasteiger partial charge in [-0.05, 0) is 37.3 Å². The van der Waals surface area contributed by atoms with Crippen LogP contribution in [0, 0.1) is 0 Å². The highest BCUT2D eigenvalue weighted by Gasteiger charge is 2.16. The van der Waals surface area contributed by atoms with Crippen LogP contribution in [0.5, 0.6) is 0 Å². The lowest BCUT2D eigenvalue weighted by Crippen LogP contribution is -2.45. The van der Waals surface area contributed by atoms with E-state index in [1.165, 1.54) is 44.0 Å². The van der Waals surface area contributed by atoms with Crippen LogP contribution in [0.3, 0.4) is 0 Å². The number of nitrogens with zero attached hydrogens (tertiary/aromatic N) is 2. The Hall–Kier alpha value is -0.420. The molecule has 1 aliphatic heterocycles.